The van der Waals surface area contributed by atoms with Crippen LogP contribution >= 0.6 is 0 Å². The Labute approximate surface area is 213 Å². The Kier molecular flexibility index (Phi) is 10.3. The number of ether oxygens (including phenoxy) is 3. The zero-order valence-corrected chi connectivity index (χ0v) is 21.8. The van der Waals surface area contributed by atoms with Crippen LogP contribution in [0.4, 0.5) is 0 Å². The lowest BCUT2D eigenvalue weighted by Gasteiger charge is -2.17. The van der Waals surface area contributed by atoms with Crippen LogP contribution in [0.3, 0.4) is 0 Å². The van der Waals surface area contributed by atoms with E-state index in [1.807, 2.05) is 13.8 Å². The van der Waals surface area contributed by atoms with Crippen LogP contribution in [0.2, 0.25) is 0 Å². The van der Waals surface area contributed by atoms with Gasteiger partial charge in [0.05, 0.1) is 18.8 Å². The number of hydrogen-bond acceptors (Lipinski definition) is 5. The van der Waals surface area contributed by atoms with E-state index in [9.17, 15) is 9.59 Å². The van der Waals surface area contributed by atoms with Gasteiger partial charge < -0.3 is 19.2 Å². The van der Waals surface area contributed by atoms with Gasteiger partial charge in [-0.1, -0.05) is 56.7 Å². The zero-order valence-electron chi connectivity index (χ0n) is 21.8. The Morgan fingerprint density at radius 1 is 0.917 bits per heavy atom. The van der Waals surface area contributed by atoms with Crippen molar-refractivity contribution in [3.8, 4) is 17.0 Å². The van der Waals surface area contributed by atoms with Gasteiger partial charge in [0.2, 0.25) is 0 Å². The Hall–Kier alpha value is -3.38. The van der Waals surface area contributed by atoms with Crippen molar-refractivity contribution >= 4 is 5.97 Å². The number of carbonyl (C=O) groups is 1. The molecule has 0 fully saturated rings. The summed E-state index contributed by atoms with van der Waals surface area (Å²) in [6.45, 7) is 7.16. The van der Waals surface area contributed by atoms with E-state index in [0.29, 0.717) is 36.6 Å². The van der Waals surface area contributed by atoms with Crippen molar-refractivity contribution in [2.24, 2.45) is 0 Å². The van der Waals surface area contributed by atoms with E-state index in [1.165, 1.54) is 24.3 Å². The maximum absolute atomic E-state index is 13.3. The summed E-state index contributed by atoms with van der Waals surface area (Å²) in [5.74, 6) is 0.0205. The van der Waals surface area contributed by atoms with Gasteiger partial charge in [0, 0.05) is 23.9 Å². The number of benzene rings is 2. The summed E-state index contributed by atoms with van der Waals surface area (Å²) in [4.78, 5) is 28.5. The molecule has 36 heavy (non-hydrogen) atoms. The first kappa shape index (κ1) is 27.2. The van der Waals surface area contributed by atoms with Crippen molar-refractivity contribution in [3.05, 3.63) is 87.2 Å². The van der Waals surface area contributed by atoms with Crippen LogP contribution in [-0.4, -0.2) is 37.4 Å². The fourth-order valence-electron chi connectivity index (χ4n) is 4.19. The maximum Gasteiger partial charge on any atom is 0.337 e. The molecular weight excluding hydrogens is 454 g/mol. The lowest BCUT2D eigenvalue weighted by atomic mass is 9.97. The van der Waals surface area contributed by atoms with Gasteiger partial charge in [-0.2, -0.15) is 0 Å². The molecule has 0 radical (unpaired) electrons. The number of esters is 1. The first-order valence-electron chi connectivity index (χ1n) is 12.8. The minimum absolute atomic E-state index is 0.0332. The molecular formula is C30H37NO5. The molecule has 0 amide bonds. The molecule has 1 heterocycles. The van der Waals surface area contributed by atoms with E-state index in [4.69, 9.17) is 14.2 Å². The van der Waals surface area contributed by atoms with Crippen molar-refractivity contribution in [1.29, 1.82) is 0 Å². The van der Waals surface area contributed by atoms with Gasteiger partial charge in [-0.15, -0.1) is 0 Å². The van der Waals surface area contributed by atoms with Gasteiger partial charge >= 0.3 is 5.97 Å². The highest BCUT2D eigenvalue weighted by Gasteiger charge is 2.15. The highest BCUT2D eigenvalue weighted by atomic mass is 16.5. The minimum atomic E-state index is -0.411. The summed E-state index contributed by atoms with van der Waals surface area (Å²) in [7, 11) is 1.35. The molecule has 0 aliphatic rings. The number of aromatic amines is 1. The van der Waals surface area contributed by atoms with E-state index in [0.717, 1.165) is 36.9 Å². The summed E-state index contributed by atoms with van der Waals surface area (Å²) in [6.07, 6.45) is 4.39. The maximum atomic E-state index is 13.3. The van der Waals surface area contributed by atoms with Crippen molar-refractivity contribution in [2.75, 3.05) is 20.3 Å². The van der Waals surface area contributed by atoms with E-state index >= 15 is 0 Å². The predicted molar refractivity (Wildman–Crippen MR) is 143 cm³/mol. The smallest absolute Gasteiger partial charge is 0.337 e. The van der Waals surface area contributed by atoms with Crippen LogP contribution < -0.4 is 10.2 Å². The van der Waals surface area contributed by atoms with Gasteiger partial charge in [-0.25, -0.2) is 4.79 Å². The topological polar surface area (TPSA) is 77.6 Å². The molecule has 1 N–H and O–H groups in total. The standard InChI is InChI=1S/C30H37NO5/c1-5-8-21-9-11-22(12-10-21)13-18-26-29(23-14-16-24(17-15-23)30(33)34-4)27(32)19-28(31-26)36-20-25(6-2)35-7-3/h9-12,14-17,19,25H,5-8,13,18,20H2,1-4H3,(H,31,32). The summed E-state index contributed by atoms with van der Waals surface area (Å²) >= 11 is 0. The van der Waals surface area contributed by atoms with Gasteiger partial charge in [-0.3, -0.25) is 4.79 Å². The average molecular weight is 492 g/mol. The molecule has 3 aromatic rings. The lowest BCUT2D eigenvalue weighted by Crippen LogP contribution is -2.22. The highest BCUT2D eigenvalue weighted by molar-refractivity contribution is 5.90. The van der Waals surface area contributed by atoms with E-state index < -0.39 is 5.97 Å². The van der Waals surface area contributed by atoms with Gasteiger partial charge in [0.25, 0.3) is 0 Å². The van der Waals surface area contributed by atoms with Crippen LogP contribution in [-0.2, 0) is 28.7 Å². The molecule has 192 valence electrons. The van der Waals surface area contributed by atoms with Crippen molar-refractivity contribution in [3.63, 3.8) is 0 Å². The molecule has 0 bridgehead atoms. The molecule has 1 unspecified atom stereocenters. The van der Waals surface area contributed by atoms with Crippen LogP contribution in [0.5, 0.6) is 5.88 Å². The molecule has 1 aromatic heterocycles. The Bertz CT molecular complexity index is 1170. The first-order chi connectivity index (χ1) is 17.5. The highest BCUT2D eigenvalue weighted by Crippen LogP contribution is 2.24. The Morgan fingerprint density at radius 3 is 2.17 bits per heavy atom. The lowest BCUT2D eigenvalue weighted by molar-refractivity contribution is 0.0243. The molecule has 3 rings (SSSR count). The third-order valence-corrected chi connectivity index (χ3v) is 6.19. The second kappa shape index (κ2) is 13.6. The quantitative estimate of drug-likeness (QED) is 0.308. The average Bonchev–Trinajstić information content (AvgIpc) is 2.90. The number of methoxy groups -OCH3 is 1. The number of aromatic nitrogens is 1. The predicted octanol–water partition coefficient (Wildman–Crippen LogP) is 5.76. The zero-order chi connectivity index (χ0) is 25.9. The summed E-state index contributed by atoms with van der Waals surface area (Å²) in [5.41, 5.74) is 4.96. The second-order valence-electron chi connectivity index (χ2n) is 8.78. The number of rotatable bonds is 13. The monoisotopic (exact) mass is 491 g/mol. The SMILES string of the molecule is CCCc1ccc(CCc2[nH]c(OCC(CC)OCC)cc(=O)c2-c2ccc(C(=O)OC)cc2)cc1. The number of nitrogens with one attached hydrogen (secondary N) is 1. The summed E-state index contributed by atoms with van der Waals surface area (Å²) < 4.78 is 16.4. The molecule has 0 saturated heterocycles. The van der Waals surface area contributed by atoms with Gasteiger partial charge in [0.1, 0.15) is 6.61 Å². The van der Waals surface area contributed by atoms with Crippen molar-refractivity contribution in [1.82, 2.24) is 4.98 Å². The van der Waals surface area contributed by atoms with Gasteiger partial charge in [-0.05, 0) is 61.4 Å². The van der Waals surface area contributed by atoms with Crippen LogP contribution in [0.25, 0.3) is 11.1 Å². The summed E-state index contributed by atoms with van der Waals surface area (Å²) in [5, 5.41) is 0. The van der Waals surface area contributed by atoms with E-state index in [-0.39, 0.29) is 11.5 Å². The largest absolute Gasteiger partial charge is 0.476 e. The molecule has 0 aliphatic carbocycles. The number of H-pyrrole nitrogens is 1. The third-order valence-electron chi connectivity index (χ3n) is 6.19. The molecule has 0 saturated carbocycles. The third kappa shape index (κ3) is 7.31. The molecule has 2 aromatic carbocycles. The summed E-state index contributed by atoms with van der Waals surface area (Å²) in [6, 6.07) is 17.1. The first-order valence-corrected chi connectivity index (χ1v) is 12.8. The number of aryl methyl sites for hydroxylation is 3. The number of pyridine rings is 1. The van der Waals surface area contributed by atoms with E-state index in [1.54, 1.807) is 24.3 Å². The molecule has 1 atom stereocenters. The Balaban J connectivity index is 1.90. The van der Waals surface area contributed by atoms with Crippen molar-refractivity contribution in [2.45, 2.75) is 59.0 Å². The van der Waals surface area contributed by atoms with Crippen LogP contribution in [0.1, 0.15) is 60.8 Å². The number of carbonyl (C=O) groups excluding carboxylic acids is 1. The minimum Gasteiger partial charge on any atom is -0.476 e. The second-order valence-corrected chi connectivity index (χ2v) is 8.78. The molecule has 0 spiro atoms. The van der Waals surface area contributed by atoms with Gasteiger partial charge in [0.15, 0.2) is 11.3 Å². The number of hydrogen-bond donors (Lipinski definition) is 1. The fraction of sp³-hybridized carbons (Fsp3) is 0.400. The molecule has 6 heteroatoms. The van der Waals surface area contributed by atoms with Crippen molar-refractivity contribution < 1.29 is 19.0 Å². The van der Waals surface area contributed by atoms with Crippen LogP contribution in [0.15, 0.2) is 59.4 Å². The normalized spacial score (nSPS) is 11.8. The Morgan fingerprint density at radius 2 is 1.58 bits per heavy atom. The fourth-order valence-corrected chi connectivity index (χ4v) is 4.19. The van der Waals surface area contributed by atoms with E-state index in [2.05, 4.69) is 36.2 Å². The molecule has 0 aliphatic heterocycles. The molecule has 6 nitrogen and oxygen atoms in total. The van der Waals surface area contributed by atoms with Crippen LogP contribution in [0, 0.1) is 0 Å².